The minimum Gasteiger partial charge on any atom is -0.459 e. The maximum atomic E-state index is 13.9. The van der Waals surface area contributed by atoms with E-state index in [1.165, 1.54) is 0 Å². The summed E-state index contributed by atoms with van der Waals surface area (Å²) in [4.78, 5) is 12.4. The van der Waals surface area contributed by atoms with Gasteiger partial charge in [0.05, 0.1) is 5.41 Å². The molecular weight excluding hydrogens is 476 g/mol. The highest BCUT2D eigenvalue weighted by Gasteiger charge is 2.88. The van der Waals surface area contributed by atoms with Gasteiger partial charge in [-0.25, -0.2) is 8.78 Å². The molecule has 0 radical (unpaired) electrons. The van der Waals surface area contributed by atoms with Crippen LogP contribution in [0.2, 0.25) is 0 Å². The van der Waals surface area contributed by atoms with Crippen LogP contribution in [0.1, 0.15) is 38.5 Å². The summed E-state index contributed by atoms with van der Waals surface area (Å²) in [7, 11) is 0. The molecule has 0 saturated heterocycles. The second kappa shape index (κ2) is 7.31. The van der Waals surface area contributed by atoms with Crippen molar-refractivity contribution in [2.24, 2.45) is 23.2 Å². The van der Waals surface area contributed by atoms with E-state index in [1.54, 1.807) is 0 Å². The van der Waals surface area contributed by atoms with Crippen LogP contribution in [-0.2, 0) is 9.53 Å². The first-order valence-electron chi connectivity index (χ1n) is 9.65. The molecule has 186 valence electrons. The van der Waals surface area contributed by atoms with Gasteiger partial charge < -0.3 is 4.74 Å². The third-order valence-corrected chi connectivity index (χ3v) is 6.80. The fourth-order valence-corrected chi connectivity index (χ4v) is 5.53. The van der Waals surface area contributed by atoms with Gasteiger partial charge in [-0.3, -0.25) is 4.79 Å². The molecule has 0 N–H and O–H groups in total. The first kappa shape index (κ1) is 25.3. The highest BCUT2D eigenvalue weighted by Crippen LogP contribution is 2.61. The summed E-state index contributed by atoms with van der Waals surface area (Å²) in [6, 6.07) is 0. The van der Waals surface area contributed by atoms with Gasteiger partial charge in [0.2, 0.25) is 0 Å². The SMILES string of the molecule is O=C(OCC(F)(F)C(F)(F)C(F)(F)C(F)(F)C(F)(F)C(F)F)C12CC3CC(CC(C3)C1)C2. The predicted octanol–water partition coefficient (Wildman–Crippen LogP) is 6.19. The summed E-state index contributed by atoms with van der Waals surface area (Å²) in [5.74, 6) is -36.9. The number of ether oxygens (including phenoxy) is 1. The van der Waals surface area contributed by atoms with Crippen LogP contribution in [0.15, 0.2) is 0 Å². The van der Waals surface area contributed by atoms with Crippen LogP contribution in [0.25, 0.3) is 0 Å². The lowest BCUT2D eigenvalue weighted by Crippen LogP contribution is -2.69. The van der Waals surface area contributed by atoms with Crippen molar-refractivity contribution >= 4 is 5.97 Å². The predicted molar refractivity (Wildman–Crippen MR) is 82.3 cm³/mol. The molecular formula is C18H18F12O2. The minimum atomic E-state index is -7.61. The number of alkyl halides is 12. The van der Waals surface area contributed by atoms with Crippen molar-refractivity contribution in [3.05, 3.63) is 0 Å². The lowest BCUT2D eigenvalue weighted by Gasteiger charge is -2.55. The lowest BCUT2D eigenvalue weighted by molar-refractivity contribution is -0.414. The standard InChI is InChI=1S/C18H18F12O2/c19-11(20)15(23,24)17(27,28)18(29,30)16(25,26)14(21,22)7-32-12(31)13-4-8-1-9(5-13)3-10(2-8)6-13/h8-11H,1-7H2. The molecule has 0 spiro atoms. The van der Waals surface area contributed by atoms with E-state index in [0.717, 1.165) is 19.3 Å². The van der Waals surface area contributed by atoms with Gasteiger partial charge in [-0.2, -0.15) is 43.9 Å². The maximum Gasteiger partial charge on any atom is 0.384 e. The Hall–Kier alpha value is -1.37. The number of carbonyl (C=O) groups excluding carboxylic acids is 1. The molecule has 4 aliphatic carbocycles. The van der Waals surface area contributed by atoms with E-state index < -0.39 is 54.0 Å². The molecule has 4 aliphatic rings. The van der Waals surface area contributed by atoms with Crippen molar-refractivity contribution in [3.63, 3.8) is 0 Å². The van der Waals surface area contributed by atoms with E-state index in [9.17, 15) is 57.5 Å². The second-order valence-electron chi connectivity index (χ2n) is 9.13. The molecule has 0 aromatic carbocycles. The lowest BCUT2D eigenvalue weighted by atomic mass is 9.49. The first-order chi connectivity index (χ1) is 14.3. The molecule has 14 heteroatoms. The molecule has 4 fully saturated rings. The Morgan fingerprint density at radius 2 is 1.16 bits per heavy atom. The number of halogens is 12. The normalized spacial score (nSPS) is 31.3. The molecule has 0 amide bonds. The van der Waals surface area contributed by atoms with Crippen molar-refractivity contribution in [2.75, 3.05) is 6.61 Å². The molecule has 4 bridgehead atoms. The van der Waals surface area contributed by atoms with E-state index in [0.29, 0.717) is 0 Å². The zero-order valence-corrected chi connectivity index (χ0v) is 16.1. The van der Waals surface area contributed by atoms with Crippen molar-refractivity contribution < 1.29 is 62.2 Å². The van der Waals surface area contributed by atoms with Crippen LogP contribution in [-0.4, -0.2) is 48.6 Å². The van der Waals surface area contributed by atoms with Gasteiger partial charge in [-0.05, 0) is 56.3 Å². The number of hydrogen-bond donors (Lipinski definition) is 0. The number of hydrogen-bond acceptors (Lipinski definition) is 2. The second-order valence-corrected chi connectivity index (χ2v) is 9.13. The average molecular weight is 494 g/mol. The Labute approximate surface area is 173 Å². The quantitative estimate of drug-likeness (QED) is 0.297. The highest BCUT2D eigenvalue weighted by atomic mass is 19.4. The topological polar surface area (TPSA) is 26.3 Å². The van der Waals surface area contributed by atoms with Crippen LogP contribution >= 0.6 is 0 Å². The number of carbonyl (C=O) groups is 1. The van der Waals surface area contributed by atoms with E-state index in [1.807, 2.05) is 0 Å². The molecule has 4 rings (SSSR count). The summed E-state index contributed by atoms with van der Waals surface area (Å²) < 4.78 is 163. The fourth-order valence-electron chi connectivity index (χ4n) is 5.53. The Balaban J connectivity index is 1.77. The molecule has 0 aliphatic heterocycles. The largest absolute Gasteiger partial charge is 0.459 e. The number of esters is 1. The van der Waals surface area contributed by atoms with E-state index in [2.05, 4.69) is 4.74 Å². The van der Waals surface area contributed by atoms with Gasteiger partial charge in [-0.1, -0.05) is 0 Å². The first-order valence-corrected chi connectivity index (χ1v) is 9.65. The fraction of sp³-hybridized carbons (Fsp3) is 0.944. The Morgan fingerprint density at radius 1 is 0.750 bits per heavy atom. The van der Waals surface area contributed by atoms with E-state index in [-0.39, 0.29) is 37.0 Å². The van der Waals surface area contributed by atoms with E-state index >= 15 is 0 Å². The van der Waals surface area contributed by atoms with Crippen molar-refractivity contribution in [1.29, 1.82) is 0 Å². The van der Waals surface area contributed by atoms with Gasteiger partial charge in [0.15, 0.2) is 6.61 Å². The van der Waals surface area contributed by atoms with Crippen molar-refractivity contribution in [1.82, 2.24) is 0 Å². The van der Waals surface area contributed by atoms with Crippen LogP contribution in [0.3, 0.4) is 0 Å². The maximum absolute atomic E-state index is 13.9. The highest BCUT2D eigenvalue weighted by molar-refractivity contribution is 5.77. The van der Waals surface area contributed by atoms with Crippen LogP contribution in [0, 0.1) is 23.2 Å². The summed E-state index contributed by atoms with van der Waals surface area (Å²) in [6.07, 6.45) is -2.61. The molecule has 0 aromatic heterocycles. The van der Waals surface area contributed by atoms with Gasteiger partial charge in [-0.15, -0.1) is 0 Å². The zero-order chi connectivity index (χ0) is 24.5. The Bertz CT molecular complexity index is 713. The van der Waals surface area contributed by atoms with Gasteiger partial charge >= 0.3 is 42.0 Å². The summed E-state index contributed by atoms with van der Waals surface area (Å²) in [5.41, 5.74) is -1.30. The molecule has 0 aromatic rings. The van der Waals surface area contributed by atoms with Crippen LogP contribution < -0.4 is 0 Å². The smallest absolute Gasteiger partial charge is 0.384 e. The van der Waals surface area contributed by atoms with Gasteiger partial charge in [0, 0.05) is 0 Å². The summed E-state index contributed by atoms with van der Waals surface area (Å²) in [6.45, 7) is -2.81. The van der Waals surface area contributed by atoms with Crippen molar-refractivity contribution in [2.45, 2.75) is 74.6 Å². The third-order valence-electron chi connectivity index (χ3n) is 6.80. The minimum absolute atomic E-state index is 0.0651. The Kier molecular flexibility index (Phi) is 5.77. The van der Waals surface area contributed by atoms with Crippen molar-refractivity contribution in [3.8, 4) is 0 Å². The molecule has 0 atom stereocenters. The monoisotopic (exact) mass is 494 g/mol. The van der Waals surface area contributed by atoms with Gasteiger partial charge in [0.1, 0.15) is 0 Å². The zero-order valence-electron chi connectivity index (χ0n) is 16.1. The van der Waals surface area contributed by atoms with E-state index in [4.69, 9.17) is 0 Å². The molecule has 4 saturated carbocycles. The molecule has 2 nitrogen and oxygen atoms in total. The summed E-state index contributed by atoms with van der Waals surface area (Å²) >= 11 is 0. The average Bonchev–Trinajstić information content (AvgIpc) is 2.64. The van der Waals surface area contributed by atoms with Crippen LogP contribution in [0.4, 0.5) is 52.7 Å². The molecule has 32 heavy (non-hydrogen) atoms. The third kappa shape index (κ3) is 3.45. The Morgan fingerprint density at radius 3 is 1.53 bits per heavy atom. The molecule has 0 unspecified atom stereocenters. The summed E-state index contributed by atoms with van der Waals surface area (Å²) in [5, 5.41) is 0. The number of rotatable bonds is 8. The van der Waals surface area contributed by atoms with Crippen LogP contribution in [0.5, 0.6) is 0 Å². The molecule has 0 heterocycles. The van der Waals surface area contributed by atoms with Gasteiger partial charge in [0.25, 0.3) is 0 Å².